The van der Waals surface area contributed by atoms with Crippen LogP contribution in [-0.2, 0) is 19.6 Å². The van der Waals surface area contributed by atoms with Gasteiger partial charge < -0.3 is 9.30 Å². The maximum atomic E-state index is 6.01. The van der Waals surface area contributed by atoms with Crippen LogP contribution in [0.4, 0.5) is 0 Å². The van der Waals surface area contributed by atoms with Gasteiger partial charge in [-0.05, 0) is 24.1 Å². The molecule has 0 saturated carbocycles. The van der Waals surface area contributed by atoms with Gasteiger partial charge in [-0.1, -0.05) is 42.5 Å². The molecule has 5 heteroatoms. The highest BCUT2D eigenvalue weighted by atomic mass is 16.5. The van der Waals surface area contributed by atoms with Gasteiger partial charge in [0, 0.05) is 30.1 Å². The van der Waals surface area contributed by atoms with Crippen molar-refractivity contribution >= 4 is 10.9 Å². The van der Waals surface area contributed by atoms with Gasteiger partial charge in [0.15, 0.2) is 5.82 Å². The van der Waals surface area contributed by atoms with Gasteiger partial charge in [-0.3, -0.25) is 4.98 Å². The van der Waals surface area contributed by atoms with E-state index >= 15 is 0 Å². The Hall–Kier alpha value is -3.21. The number of rotatable bonds is 4. The SMILES string of the molecule is c1cnc2c(OCc3ccc(-c4nnc5n4CCC5)cc3)cccc2c1. The molecule has 1 aliphatic rings. The summed E-state index contributed by atoms with van der Waals surface area (Å²) in [6.45, 7) is 1.52. The minimum atomic E-state index is 0.508. The lowest BCUT2D eigenvalue weighted by atomic mass is 10.1. The number of aromatic nitrogens is 4. The fraction of sp³-hybridized carbons (Fsp3) is 0.190. The van der Waals surface area contributed by atoms with E-state index in [4.69, 9.17) is 4.74 Å². The van der Waals surface area contributed by atoms with Crippen LogP contribution in [0.1, 0.15) is 17.8 Å². The molecule has 0 aliphatic carbocycles. The molecule has 1 aliphatic heterocycles. The number of hydrogen-bond donors (Lipinski definition) is 0. The first-order valence-electron chi connectivity index (χ1n) is 8.86. The van der Waals surface area contributed by atoms with E-state index in [0.717, 1.165) is 58.8 Å². The molecule has 0 radical (unpaired) electrons. The summed E-state index contributed by atoms with van der Waals surface area (Å²) >= 11 is 0. The molecule has 0 bridgehead atoms. The highest BCUT2D eigenvalue weighted by Gasteiger charge is 2.18. The van der Waals surface area contributed by atoms with Crippen LogP contribution in [0.15, 0.2) is 60.8 Å². The molecule has 4 aromatic rings. The predicted octanol–water partition coefficient (Wildman–Crippen LogP) is 4.02. The average molecular weight is 342 g/mol. The van der Waals surface area contributed by atoms with Crippen molar-refractivity contribution in [1.29, 1.82) is 0 Å². The van der Waals surface area contributed by atoms with E-state index in [-0.39, 0.29) is 0 Å². The standard InChI is InChI=1S/C21H18N4O/c1-4-16-5-2-12-22-20(16)18(6-1)26-14-15-8-10-17(11-9-15)21-24-23-19-7-3-13-25(19)21/h1-2,4-6,8-12H,3,7,13-14H2. The van der Waals surface area contributed by atoms with Gasteiger partial charge in [0.25, 0.3) is 0 Å². The molecule has 2 aromatic carbocycles. The zero-order chi connectivity index (χ0) is 17.3. The van der Waals surface area contributed by atoms with E-state index < -0.39 is 0 Å². The molecule has 0 fully saturated rings. The molecule has 5 rings (SSSR count). The smallest absolute Gasteiger partial charge is 0.163 e. The fourth-order valence-electron chi connectivity index (χ4n) is 3.47. The van der Waals surface area contributed by atoms with Crippen LogP contribution in [0.3, 0.4) is 0 Å². The maximum absolute atomic E-state index is 6.01. The summed E-state index contributed by atoms with van der Waals surface area (Å²) in [4.78, 5) is 4.43. The predicted molar refractivity (Wildman–Crippen MR) is 99.9 cm³/mol. The Kier molecular flexibility index (Phi) is 3.63. The van der Waals surface area contributed by atoms with Crippen molar-refractivity contribution < 1.29 is 4.74 Å². The van der Waals surface area contributed by atoms with Gasteiger partial charge in [-0.2, -0.15) is 0 Å². The summed E-state index contributed by atoms with van der Waals surface area (Å²) in [6, 6.07) is 18.3. The monoisotopic (exact) mass is 342 g/mol. The Morgan fingerprint density at radius 1 is 0.962 bits per heavy atom. The largest absolute Gasteiger partial charge is 0.487 e. The van der Waals surface area contributed by atoms with Crippen LogP contribution in [0.5, 0.6) is 5.75 Å². The summed E-state index contributed by atoms with van der Waals surface area (Å²) in [5.74, 6) is 2.86. The van der Waals surface area contributed by atoms with E-state index in [1.54, 1.807) is 6.20 Å². The Labute approximate surface area is 151 Å². The summed E-state index contributed by atoms with van der Waals surface area (Å²) < 4.78 is 8.23. The van der Waals surface area contributed by atoms with Crippen molar-refractivity contribution in [3.63, 3.8) is 0 Å². The molecule has 0 spiro atoms. The molecule has 0 saturated heterocycles. The van der Waals surface area contributed by atoms with Gasteiger partial charge in [0.2, 0.25) is 0 Å². The van der Waals surface area contributed by atoms with Crippen molar-refractivity contribution in [2.75, 3.05) is 0 Å². The average Bonchev–Trinajstić information content (AvgIpc) is 3.31. The topological polar surface area (TPSA) is 52.8 Å². The van der Waals surface area contributed by atoms with Crippen molar-refractivity contribution in [1.82, 2.24) is 19.7 Å². The Morgan fingerprint density at radius 2 is 1.85 bits per heavy atom. The number of fused-ring (bicyclic) bond motifs is 2. The van der Waals surface area contributed by atoms with Gasteiger partial charge in [0.05, 0.1) is 0 Å². The second-order valence-electron chi connectivity index (χ2n) is 6.51. The first-order valence-corrected chi connectivity index (χ1v) is 8.86. The number of aryl methyl sites for hydroxylation is 1. The van der Waals surface area contributed by atoms with Gasteiger partial charge in [0.1, 0.15) is 23.7 Å². The van der Waals surface area contributed by atoms with Gasteiger partial charge in [-0.15, -0.1) is 10.2 Å². The molecule has 3 heterocycles. The molecule has 0 N–H and O–H groups in total. The number of para-hydroxylation sites is 1. The molecular weight excluding hydrogens is 324 g/mol. The van der Waals surface area contributed by atoms with Crippen molar-refractivity contribution in [3.8, 4) is 17.1 Å². The van der Waals surface area contributed by atoms with Crippen molar-refractivity contribution in [2.24, 2.45) is 0 Å². The molecule has 0 unspecified atom stereocenters. The van der Waals surface area contributed by atoms with E-state index in [9.17, 15) is 0 Å². The molecule has 5 nitrogen and oxygen atoms in total. The molecule has 128 valence electrons. The van der Waals surface area contributed by atoms with Crippen LogP contribution in [-0.4, -0.2) is 19.7 Å². The quantitative estimate of drug-likeness (QED) is 0.562. The number of pyridine rings is 1. The van der Waals surface area contributed by atoms with Crippen LogP contribution in [0.25, 0.3) is 22.3 Å². The van der Waals surface area contributed by atoms with Gasteiger partial charge >= 0.3 is 0 Å². The number of benzene rings is 2. The highest BCUT2D eigenvalue weighted by molar-refractivity contribution is 5.84. The first kappa shape index (κ1) is 15.1. The Morgan fingerprint density at radius 3 is 2.77 bits per heavy atom. The van der Waals surface area contributed by atoms with Crippen LogP contribution in [0.2, 0.25) is 0 Å². The second-order valence-corrected chi connectivity index (χ2v) is 6.51. The third-order valence-electron chi connectivity index (χ3n) is 4.81. The van der Waals surface area contributed by atoms with Crippen LogP contribution >= 0.6 is 0 Å². The van der Waals surface area contributed by atoms with E-state index in [2.05, 4.69) is 44.0 Å². The molecule has 0 amide bonds. The molecular formula is C21H18N4O. The fourth-order valence-corrected chi connectivity index (χ4v) is 3.47. The lowest BCUT2D eigenvalue weighted by Crippen LogP contribution is -1.98. The lowest BCUT2D eigenvalue weighted by Gasteiger charge is -2.09. The minimum Gasteiger partial charge on any atom is -0.487 e. The minimum absolute atomic E-state index is 0.508. The molecule has 2 aromatic heterocycles. The summed E-state index contributed by atoms with van der Waals surface area (Å²) in [5, 5.41) is 9.70. The molecule has 26 heavy (non-hydrogen) atoms. The number of hydrogen-bond acceptors (Lipinski definition) is 4. The van der Waals surface area contributed by atoms with Crippen LogP contribution < -0.4 is 4.74 Å². The van der Waals surface area contributed by atoms with E-state index in [1.165, 1.54) is 0 Å². The number of nitrogens with zero attached hydrogens (tertiary/aromatic N) is 4. The first-order chi connectivity index (χ1) is 12.9. The maximum Gasteiger partial charge on any atom is 0.163 e. The number of ether oxygens (including phenoxy) is 1. The van der Waals surface area contributed by atoms with Gasteiger partial charge in [-0.25, -0.2) is 0 Å². The third kappa shape index (κ3) is 2.62. The second kappa shape index (κ2) is 6.26. The van der Waals surface area contributed by atoms with Crippen molar-refractivity contribution in [3.05, 3.63) is 72.2 Å². The van der Waals surface area contributed by atoms with Crippen molar-refractivity contribution in [2.45, 2.75) is 26.0 Å². The summed E-state index contributed by atoms with van der Waals surface area (Å²) in [7, 11) is 0. The zero-order valence-corrected chi connectivity index (χ0v) is 14.3. The lowest BCUT2D eigenvalue weighted by molar-refractivity contribution is 0.309. The van der Waals surface area contributed by atoms with E-state index in [0.29, 0.717) is 6.61 Å². The third-order valence-corrected chi connectivity index (χ3v) is 4.81. The Bertz CT molecular complexity index is 1060. The highest BCUT2D eigenvalue weighted by Crippen LogP contribution is 2.26. The normalized spacial score (nSPS) is 13.1. The summed E-state index contributed by atoms with van der Waals surface area (Å²) in [5.41, 5.74) is 3.11. The summed E-state index contributed by atoms with van der Waals surface area (Å²) in [6.07, 6.45) is 3.97. The van der Waals surface area contributed by atoms with Crippen LogP contribution in [0, 0.1) is 0 Å². The Balaban J connectivity index is 1.35. The zero-order valence-electron chi connectivity index (χ0n) is 14.3. The van der Waals surface area contributed by atoms with E-state index in [1.807, 2.05) is 30.3 Å². The molecule has 0 atom stereocenters.